The summed E-state index contributed by atoms with van der Waals surface area (Å²) in [4.78, 5) is 2.54. The lowest BCUT2D eigenvalue weighted by atomic mass is 10.3. The summed E-state index contributed by atoms with van der Waals surface area (Å²) in [5, 5.41) is 36.7. The fourth-order valence-corrected chi connectivity index (χ4v) is 1.06. The molecule has 6 heteroatoms. The Bertz CT molecular complexity index is 115. The van der Waals surface area contributed by atoms with Gasteiger partial charge in [-0.3, -0.25) is 0 Å². The normalized spacial score (nSPS) is 12.0. The van der Waals surface area contributed by atoms with Crippen molar-refractivity contribution in [3.8, 4) is 0 Å². The summed E-state index contributed by atoms with van der Waals surface area (Å²) in [5.74, 6) is 0. The Morgan fingerprint density at radius 2 is 1.69 bits per heavy atom. The van der Waals surface area contributed by atoms with Crippen LogP contribution in [0.3, 0.4) is 0 Å². The third-order valence-electron chi connectivity index (χ3n) is 1.78. The van der Waals surface area contributed by atoms with Crippen LogP contribution in [0.15, 0.2) is 0 Å². The molecule has 0 aliphatic carbocycles. The SMILES string of the molecule is [O-][OH+][CH-]CC[N+](O)(CCO)CCO. The minimum Gasteiger partial charge on any atom is -0.588 e. The van der Waals surface area contributed by atoms with Crippen LogP contribution in [0, 0.1) is 6.61 Å². The molecule has 0 aliphatic rings. The monoisotopic (exact) mass is 195 g/mol. The molecule has 0 aliphatic heterocycles. The fourth-order valence-electron chi connectivity index (χ4n) is 1.06. The smallest absolute Gasteiger partial charge is 0.132 e. The van der Waals surface area contributed by atoms with E-state index >= 15 is 0 Å². The van der Waals surface area contributed by atoms with Crippen molar-refractivity contribution in [2.75, 3.05) is 32.8 Å². The van der Waals surface area contributed by atoms with E-state index in [1.165, 1.54) is 0 Å². The maximum atomic E-state index is 9.71. The van der Waals surface area contributed by atoms with Crippen LogP contribution in [0.4, 0.5) is 0 Å². The Kier molecular flexibility index (Phi) is 7.06. The van der Waals surface area contributed by atoms with Gasteiger partial charge in [-0.25, -0.2) is 5.21 Å². The van der Waals surface area contributed by atoms with Gasteiger partial charge in [0, 0.05) is 0 Å². The highest BCUT2D eigenvalue weighted by atomic mass is 17.1. The van der Waals surface area contributed by atoms with E-state index in [-0.39, 0.29) is 32.8 Å². The second-order valence-corrected chi connectivity index (χ2v) is 2.79. The van der Waals surface area contributed by atoms with E-state index < -0.39 is 4.65 Å². The van der Waals surface area contributed by atoms with Crippen LogP contribution in [0.2, 0.25) is 0 Å². The molecule has 4 N–H and O–H groups in total. The molecule has 6 nitrogen and oxygen atoms in total. The number of hydroxylamine groups is 3. The molecule has 0 aromatic rings. The Morgan fingerprint density at radius 3 is 2.08 bits per heavy atom. The molecule has 0 fully saturated rings. The minimum absolute atomic E-state index is 0.146. The molecule has 0 rings (SSSR count). The summed E-state index contributed by atoms with van der Waals surface area (Å²) in [7, 11) is 0. The van der Waals surface area contributed by atoms with E-state index in [0.717, 1.165) is 6.61 Å². The van der Waals surface area contributed by atoms with Gasteiger partial charge < -0.3 is 20.4 Å². The lowest BCUT2D eigenvalue weighted by Gasteiger charge is -2.30. The van der Waals surface area contributed by atoms with Crippen LogP contribution in [0.1, 0.15) is 6.42 Å². The molecule has 0 bridgehead atoms. The molecule has 0 saturated carbocycles. The summed E-state index contributed by atoms with van der Waals surface area (Å²) < 4.78 is -0.432. The van der Waals surface area contributed by atoms with Crippen LogP contribution in [-0.2, 0) is 0 Å². The number of aliphatic hydroxyl groups excluding tert-OH is 2. The first kappa shape index (κ1) is 12.8. The van der Waals surface area contributed by atoms with Crippen LogP contribution in [0.5, 0.6) is 0 Å². The van der Waals surface area contributed by atoms with Crippen molar-refractivity contribution in [3.05, 3.63) is 6.61 Å². The van der Waals surface area contributed by atoms with Crippen molar-refractivity contribution in [2.45, 2.75) is 6.42 Å². The molecule has 0 aromatic carbocycles. The second kappa shape index (κ2) is 7.19. The van der Waals surface area contributed by atoms with E-state index in [1.54, 1.807) is 0 Å². The van der Waals surface area contributed by atoms with Gasteiger partial charge in [-0.05, 0) is 6.61 Å². The third kappa shape index (κ3) is 5.92. The largest absolute Gasteiger partial charge is 0.588 e. The lowest BCUT2D eigenvalue weighted by Crippen LogP contribution is -2.49. The summed E-state index contributed by atoms with van der Waals surface area (Å²) >= 11 is 0. The molecule has 13 heavy (non-hydrogen) atoms. The zero-order valence-electron chi connectivity index (χ0n) is 7.46. The highest BCUT2D eigenvalue weighted by molar-refractivity contribution is 4.46. The lowest BCUT2D eigenvalue weighted by molar-refractivity contribution is -1.10. The molecular formula is C7H17NO5. The molecule has 0 aromatic heterocycles. The molecule has 0 radical (unpaired) electrons. The van der Waals surface area contributed by atoms with Crippen LogP contribution in [0.25, 0.3) is 0 Å². The molecule has 0 spiro atoms. The van der Waals surface area contributed by atoms with Gasteiger partial charge in [-0.2, -0.15) is 4.65 Å². The van der Waals surface area contributed by atoms with Crippen molar-refractivity contribution in [3.63, 3.8) is 0 Å². The van der Waals surface area contributed by atoms with Gasteiger partial charge in [-0.15, -0.1) is 0 Å². The number of hydrogen-bond acceptors (Lipinski definition) is 4. The van der Waals surface area contributed by atoms with Gasteiger partial charge in [0.1, 0.15) is 13.1 Å². The van der Waals surface area contributed by atoms with Crippen LogP contribution in [-0.4, -0.2) is 57.8 Å². The third-order valence-corrected chi connectivity index (χ3v) is 1.78. The highest BCUT2D eigenvalue weighted by Crippen LogP contribution is 2.03. The number of nitrogens with zero attached hydrogens (tertiary/aromatic N) is 1. The van der Waals surface area contributed by atoms with Crippen LogP contribution >= 0.6 is 0 Å². The Labute approximate surface area is 77.1 Å². The number of quaternary nitrogens is 1. The average Bonchev–Trinajstić information content (AvgIpc) is 2.05. The summed E-state index contributed by atoms with van der Waals surface area (Å²) in [6.07, 6.45) is 0.333. The highest BCUT2D eigenvalue weighted by Gasteiger charge is 2.22. The first-order chi connectivity index (χ1) is 6.18. The van der Waals surface area contributed by atoms with E-state index in [9.17, 15) is 10.5 Å². The Balaban J connectivity index is 3.76. The molecule has 0 heterocycles. The van der Waals surface area contributed by atoms with Gasteiger partial charge in [0.05, 0.1) is 19.8 Å². The molecular weight excluding hydrogens is 178 g/mol. The second-order valence-electron chi connectivity index (χ2n) is 2.79. The van der Waals surface area contributed by atoms with Crippen molar-refractivity contribution >= 4 is 0 Å². The molecule has 80 valence electrons. The predicted octanol–water partition coefficient (Wildman–Crippen LogP) is -1.90. The van der Waals surface area contributed by atoms with E-state index in [4.69, 9.17) is 10.2 Å². The maximum Gasteiger partial charge on any atom is 0.132 e. The van der Waals surface area contributed by atoms with E-state index in [2.05, 4.69) is 4.89 Å². The van der Waals surface area contributed by atoms with Gasteiger partial charge >= 0.3 is 0 Å². The Hall–Kier alpha value is -0.240. The maximum absolute atomic E-state index is 9.71. The first-order valence-electron chi connectivity index (χ1n) is 4.13. The van der Waals surface area contributed by atoms with Gasteiger partial charge in [0.25, 0.3) is 0 Å². The van der Waals surface area contributed by atoms with Crippen molar-refractivity contribution in [2.24, 2.45) is 0 Å². The first-order valence-corrected chi connectivity index (χ1v) is 4.13. The number of hydrogen-bond donors (Lipinski definition) is 3. The number of aliphatic hydroxyl groups is 3. The zero-order chi connectivity index (χ0) is 10.2. The molecule has 0 saturated heterocycles. The van der Waals surface area contributed by atoms with Gasteiger partial charge in [-0.1, -0.05) is 6.42 Å². The standard InChI is InChI=1S/C7H17NO5/c9-5-3-8(11,4-6-10)2-1-7-13-12/h7,9-11,13H,1-6H2. The molecule has 0 unspecified atom stereocenters. The van der Waals surface area contributed by atoms with Crippen molar-refractivity contribution in [1.82, 2.24) is 0 Å². The van der Waals surface area contributed by atoms with Gasteiger partial charge in [0.2, 0.25) is 0 Å². The Morgan fingerprint density at radius 1 is 1.15 bits per heavy atom. The van der Waals surface area contributed by atoms with E-state index in [0.29, 0.717) is 6.42 Å². The summed E-state index contributed by atoms with van der Waals surface area (Å²) in [6.45, 7) is 1.39. The quantitative estimate of drug-likeness (QED) is 0.105. The minimum atomic E-state index is -0.432. The van der Waals surface area contributed by atoms with Gasteiger partial charge in [0.15, 0.2) is 0 Å². The average molecular weight is 195 g/mol. The van der Waals surface area contributed by atoms with Crippen molar-refractivity contribution in [1.29, 1.82) is 0 Å². The zero-order valence-corrected chi connectivity index (χ0v) is 7.46. The van der Waals surface area contributed by atoms with Crippen molar-refractivity contribution < 1.29 is 30.2 Å². The fraction of sp³-hybridized carbons (Fsp3) is 0.857. The summed E-state index contributed by atoms with van der Waals surface area (Å²) in [5.41, 5.74) is 0. The topological polar surface area (TPSA) is 96.6 Å². The number of rotatable bonds is 8. The molecule has 0 amide bonds. The van der Waals surface area contributed by atoms with E-state index in [1.807, 2.05) is 0 Å². The summed E-state index contributed by atoms with van der Waals surface area (Å²) in [6, 6.07) is 0. The van der Waals surface area contributed by atoms with Crippen LogP contribution < -0.4 is 5.26 Å². The molecule has 0 atom stereocenters. The predicted molar refractivity (Wildman–Crippen MR) is 42.4 cm³/mol.